The van der Waals surface area contributed by atoms with Gasteiger partial charge in [-0.25, -0.2) is 0 Å². The third-order valence-electron chi connectivity index (χ3n) is 3.59. The molecule has 114 valence electrons. The van der Waals surface area contributed by atoms with E-state index in [0.29, 0.717) is 36.1 Å². The fourth-order valence-electron chi connectivity index (χ4n) is 2.49. The smallest absolute Gasteiger partial charge is 0.317 e. The van der Waals surface area contributed by atoms with Gasteiger partial charge in [0, 0.05) is 18.7 Å². The molecule has 1 aliphatic heterocycles. The molecule has 22 heavy (non-hydrogen) atoms. The Morgan fingerprint density at radius 3 is 2.82 bits per heavy atom. The number of nitrogens with zero attached hydrogens (tertiary/aromatic N) is 2. The molecule has 1 aromatic rings. The van der Waals surface area contributed by atoms with E-state index < -0.39 is 0 Å². The van der Waals surface area contributed by atoms with Crippen LogP contribution in [0.4, 0.5) is 0 Å². The van der Waals surface area contributed by atoms with Crippen LogP contribution in [0.3, 0.4) is 0 Å². The first-order valence-electron chi connectivity index (χ1n) is 7.14. The molecule has 1 saturated heterocycles. The van der Waals surface area contributed by atoms with Gasteiger partial charge in [-0.1, -0.05) is 29.8 Å². The molecule has 0 radical (unpaired) electrons. The van der Waals surface area contributed by atoms with Gasteiger partial charge in [0.1, 0.15) is 23.0 Å². The highest BCUT2D eigenvalue weighted by Gasteiger charge is 2.30. The number of ether oxygens (including phenoxy) is 2. The largest absolute Gasteiger partial charge is 0.461 e. The molecule has 1 aromatic carbocycles. The van der Waals surface area contributed by atoms with Crippen LogP contribution < -0.4 is 10.1 Å². The first-order valence-corrected chi connectivity index (χ1v) is 7.52. The Labute approximate surface area is 133 Å². The van der Waals surface area contributed by atoms with Crippen molar-refractivity contribution in [3.05, 3.63) is 58.3 Å². The van der Waals surface area contributed by atoms with E-state index in [-0.39, 0.29) is 6.10 Å². The number of benzene rings is 1. The van der Waals surface area contributed by atoms with E-state index in [1.54, 1.807) is 6.08 Å². The zero-order chi connectivity index (χ0) is 15.4. The number of hydrogen-bond acceptors (Lipinski definition) is 3. The SMILES string of the molecule is [N-]=[N+]=C1CC(Oc2ccccc2)=C(C2CNCCO2)C=C1Cl. The van der Waals surface area contributed by atoms with Gasteiger partial charge in [-0.05, 0) is 18.2 Å². The molecule has 1 N–H and O–H groups in total. The van der Waals surface area contributed by atoms with Gasteiger partial charge in [0.05, 0.1) is 12.7 Å². The lowest BCUT2D eigenvalue weighted by Gasteiger charge is -2.27. The lowest BCUT2D eigenvalue weighted by molar-refractivity contribution is -0.00699. The summed E-state index contributed by atoms with van der Waals surface area (Å²) in [5.41, 5.74) is 10.4. The number of allylic oxidation sites excluding steroid dienone is 2. The van der Waals surface area contributed by atoms with Crippen molar-refractivity contribution in [3.8, 4) is 5.75 Å². The highest BCUT2D eigenvalue weighted by molar-refractivity contribution is 6.43. The first kappa shape index (κ1) is 15.0. The van der Waals surface area contributed by atoms with Crippen LogP contribution >= 0.6 is 11.6 Å². The Kier molecular flexibility index (Phi) is 4.71. The molecule has 2 aliphatic rings. The third kappa shape index (κ3) is 3.29. The standard InChI is InChI=1S/C16H16ClN3O2/c17-13-8-12(16-10-19-6-7-21-16)15(9-14(13)20-18)22-11-4-2-1-3-5-11/h1-5,8,16,19H,6-7,9-10H2. The van der Waals surface area contributed by atoms with E-state index in [0.717, 1.165) is 17.9 Å². The maximum atomic E-state index is 9.08. The molecule has 3 rings (SSSR count). The van der Waals surface area contributed by atoms with E-state index in [2.05, 4.69) is 10.1 Å². The molecule has 1 heterocycles. The Hall–Kier alpha value is -1.91. The van der Waals surface area contributed by atoms with E-state index in [1.807, 2.05) is 30.3 Å². The zero-order valence-corrected chi connectivity index (χ0v) is 12.7. The van der Waals surface area contributed by atoms with Gasteiger partial charge in [0.15, 0.2) is 0 Å². The first-order chi connectivity index (χ1) is 10.8. The minimum atomic E-state index is -0.124. The van der Waals surface area contributed by atoms with Gasteiger partial charge < -0.3 is 20.3 Å². The maximum Gasteiger partial charge on any atom is 0.317 e. The van der Waals surface area contributed by atoms with Gasteiger partial charge >= 0.3 is 5.71 Å². The molecule has 0 spiro atoms. The zero-order valence-electron chi connectivity index (χ0n) is 12.0. The van der Waals surface area contributed by atoms with Crippen LogP contribution in [-0.2, 0) is 4.74 Å². The lowest BCUT2D eigenvalue weighted by Crippen LogP contribution is -2.40. The lowest BCUT2D eigenvalue weighted by atomic mass is 9.98. The fraction of sp³-hybridized carbons (Fsp3) is 0.312. The molecule has 0 bridgehead atoms. The van der Waals surface area contributed by atoms with E-state index in [9.17, 15) is 0 Å². The normalized spacial score (nSPS) is 22.1. The molecule has 0 saturated carbocycles. The van der Waals surface area contributed by atoms with E-state index in [4.69, 9.17) is 26.6 Å². The summed E-state index contributed by atoms with van der Waals surface area (Å²) in [6, 6.07) is 9.48. The van der Waals surface area contributed by atoms with Crippen molar-refractivity contribution in [2.75, 3.05) is 19.7 Å². The van der Waals surface area contributed by atoms with Crippen LogP contribution in [0.5, 0.6) is 5.75 Å². The van der Waals surface area contributed by atoms with Crippen molar-refractivity contribution in [2.24, 2.45) is 0 Å². The quantitative estimate of drug-likeness (QED) is 0.688. The van der Waals surface area contributed by atoms with Crippen LogP contribution in [-0.4, -0.2) is 36.3 Å². The van der Waals surface area contributed by atoms with Crippen molar-refractivity contribution in [2.45, 2.75) is 12.5 Å². The number of nitrogens with one attached hydrogen (secondary N) is 1. The second-order valence-electron chi connectivity index (χ2n) is 5.07. The van der Waals surface area contributed by atoms with Crippen molar-refractivity contribution < 1.29 is 14.3 Å². The molecule has 1 atom stereocenters. The minimum absolute atomic E-state index is 0.124. The van der Waals surface area contributed by atoms with Gasteiger partial charge in [-0.15, -0.1) is 0 Å². The summed E-state index contributed by atoms with van der Waals surface area (Å²) >= 11 is 6.17. The van der Waals surface area contributed by atoms with Crippen LogP contribution in [0.2, 0.25) is 0 Å². The molecule has 1 fully saturated rings. The summed E-state index contributed by atoms with van der Waals surface area (Å²) in [7, 11) is 0. The number of rotatable bonds is 3. The van der Waals surface area contributed by atoms with Crippen molar-refractivity contribution in [1.29, 1.82) is 0 Å². The van der Waals surface area contributed by atoms with Crippen molar-refractivity contribution in [1.82, 2.24) is 5.32 Å². The molecular formula is C16H16ClN3O2. The Balaban J connectivity index is 1.95. The summed E-state index contributed by atoms with van der Waals surface area (Å²) < 4.78 is 11.8. The van der Waals surface area contributed by atoms with Gasteiger partial charge in [-0.3, -0.25) is 0 Å². The predicted octanol–water partition coefficient (Wildman–Crippen LogP) is 2.51. The second-order valence-corrected chi connectivity index (χ2v) is 5.48. The van der Waals surface area contributed by atoms with Crippen LogP contribution in [0, 0.1) is 0 Å². The maximum absolute atomic E-state index is 9.08. The van der Waals surface area contributed by atoms with Crippen molar-refractivity contribution >= 4 is 17.3 Å². The third-order valence-corrected chi connectivity index (χ3v) is 3.91. The molecule has 0 aromatic heterocycles. The topological polar surface area (TPSA) is 66.9 Å². The van der Waals surface area contributed by atoms with Crippen molar-refractivity contribution in [3.63, 3.8) is 0 Å². The Morgan fingerprint density at radius 2 is 2.14 bits per heavy atom. The van der Waals surface area contributed by atoms with Crippen LogP contribution in [0.1, 0.15) is 6.42 Å². The summed E-state index contributed by atoms with van der Waals surface area (Å²) in [4.78, 5) is 3.25. The number of para-hydroxylation sites is 1. The van der Waals surface area contributed by atoms with E-state index in [1.165, 1.54) is 0 Å². The summed E-state index contributed by atoms with van der Waals surface area (Å²) in [6.45, 7) is 2.17. The Bertz CT molecular complexity index is 657. The molecule has 6 heteroatoms. The highest BCUT2D eigenvalue weighted by atomic mass is 35.5. The number of morpholine rings is 1. The highest BCUT2D eigenvalue weighted by Crippen LogP contribution is 2.29. The molecule has 1 aliphatic carbocycles. The summed E-state index contributed by atoms with van der Waals surface area (Å²) in [5, 5.41) is 3.70. The molecule has 1 unspecified atom stereocenters. The number of hydrogen-bond donors (Lipinski definition) is 1. The summed E-state index contributed by atoms with van der Waals surface area (Å²) in [5.74, 6) is 1.42. The van der Waals surface area contributed by atoms with Crippen LogP contribution in [0.25, 0.3) is 5.53 Å². The van der Waals surface area contributed by atoms with Crippen LogP contribution in [0.15, 0.2) is 52.8 Å². The molecule has 0 amide bonds. The fourth-order valence-corrected chi connectivity index (χ4v) is 2.71. The average molecular weight is 318 g/mol. The number of halogens is 1. The van der Waals surface area contributed by atoms with Gasteiger partial charge in [-0.2, -0.15) is 4.79 Å². The Morgan fingerprint density at radius 1 is 1.32 bits per heavy atom. The predicted molar refractivity (Wildman–Crippen MR) is 83.9 cm³/mol. The average Bonchev–Trinajstić information content (AvgIpc) is 2.58. The van der Waals surface area contributed by atoms with E-state index >= 15 is 0 Å². The second kappa shape index (κ2) is 6.90. The van der Waals surface area contributed by atoms with Gasteiger partial charge in [0.25, 0.3) is 0 Å². The van der Waals surface area contributed by atoms with Gasteiger partial charge in [0.2, 0.25) is 0 Å². The molecular weight excluding hydrogens is 302 g/mol. The monoisotopic (exact) mass is 317 g/mol. The molecule has 5 nitrogen and oxygen atoms in total. The summed E-state index contributed by atoms with van der Waals surface area (Å²) in [6.07, 6.45) is 1.97. The minimum Gasteiger partial charge on any atom is -0.461 e.